The highest BCUT2D eigenvalue weighted by molar-refractivity contribution is 4.80. The Labute approximate surface area is 85.6 Å². The first kappa shape index (κ1) is 12.5. The molecule has 0 saturated heterocycles. The molecule has 0 bridgehead atoms. The quantitative estimate of drug-likeness (QED) is 0.578. The third-order valence-corrected chi connectivity index (χ3v) is 2.20. The molecule has 0 heterocycles. The molecule has 1 unspecified atom stereocenters. The van der Waals surface area contributed by atoms with Crippen LogP contribution in [0.25, 0.3) is 0 Å². The van der Waals surface area contributed by atoms with Crippen LogP contribution in [0.2, 0.25) is 0 Å². The molecule has 0 aromatic rings. The number of hydrogen-bond acceptors (Lipinski definition) is 3. The van der Waals surface area contributed by atoms with Gasteiger partial charge < -0.3 is 0 Å². The lowest BCUT2D eigenvalue weighted by Crippen LogP contribution is -1.99. The van der Waals surface area contributed by atoms with Gasteiger partial charge in [0.2, 0.25) is 0 Å². The van der Waals surface area contributed by atoms with Crippen molar-refractivity contribution in [1.29, 1.82) is 15.8 Å². The lowest BCUT2D eigenvalue weighted by Gasteiger charge is -2.10. The summed E-state index contributed by atoms with van der Waals surface area (Å²) >= 11 is 0. The Morgan fingerprint density at radius 3 is 2.07 bits per heavy atom. The SMILES string of the molecule is N#CCCCCC(CC#N)CCC#N. The van der Waals surface area contributed by atoms with E-state index >= 15 is 0 Å². The summed E-state index contributed by atoms with van der Waals surface area (Å²) in [6.07, 6.45) is 5.35. The van der Waals surface area contributed by atoms with Gasteiger partial charge in [0, 0.05) is 19.3 Å². The second-order valence-corrected chi connectivity index (χ2v) is 3.33. The summed E-state index contributed by atoms with van der Waals surface area (Å²) < 4.78 is 0. The van der Waals surface area contributed by atoms with Gasteiger partial charge in [-0.25, -0.2) is 0 Å². The predicted octanol–water partition coefficient (Wildman–Crippen LogP) is 2.90. The fourth-order valence-electron chi connectivity index (χ4n) is 1.38. The van der Waals surface area contributed by atoms with Gasteiger partial charge in [-0.3, -0.25) is 0 Å². The van der Waals surface area contributed by atoms with E-state index in [1.165, 1.54) is 0 Å². The molecule has 14 heavy (non-hydrogen) atoms. The maximum absolute atomic E-state index is 8.55. The minimum atomic E-state index is 0.346. The van der Waals surface area contributed by atoms with E-state index in [-0.39, 0.29) is 0 Å². The van der Waals surface area contributed by atoms with Crippen LogP contribution >= 0.6 is 0 Å². The lowest BCUT2D eigenvalue weighted by atomic mass is 9.94. The van der Waals surface area contributed by atoms with Gasteiger partial charge in [0.25, 0.3) is 0 Å². The van der Waals surface area contributed by atoms with Crippen molar-refractivity contribution in [3.8, 4) is 18.2 Å². The highest BCUT2D eigenvalue weighted by Crippen LogP contribution is 2.18. The summed E-state index contributed by atoms with van der Waals surface area (Å²) in [6, 6.07) is 6.34. The molecule has 0 fully saturated rings. The van der Waals surface area contributed by atoms with E-state index in [1.807, 2.05) is 0 Å². The summed E-state index contributed by atoms with van der Waals surface area (Å²) in [5.41, 5.74) is 0. The zero-order valence-corrected chi connectivity index (χ0v) is 8.37. The van der Waals surface area contributed by atoms with Gasteiger partial charge >= 0.3 is 0 Å². The van der Waals surface area contributed by atoms with Crippen molar-refractivity contribution in [3.05, 3.63) is 0 Å². The van der Waals surface area contributed by atoms with Gasteiger partial charge in [0.05, 0.1) is 18.2 Å². The molecule has 0 aliphatic heterocycles. The fraction of sp³-hybridized carbons (Fsp3) is 0.727. The summed E-state index contributed by atoms with van der Waals surface area (Å²) in [5, 5.41) is 25.3. The zero-order valence-electron chi connectivity index (χ0n) is 8.37. The summed E-state index contributed by atoms with van der Waals surface area (Å²) in [5.74, 6) is 0.346. The minimum Gasteiger partial charge on any atom is -0.198 e. The molecule has 0 N–H and O–H groups in total. The van der Waals surface area contributed by atoms with Gasteiger partial charge in [-0.05, 0) is 25.2 Å². The van der Waals surface area contributed by atoms with Gasteiger partial charge in [0.15, 0.2) is 0 Å². The van der Waals surface area contributed by atoms with Crippen molar-refractivity contribution in [2.75, 3.05) is 0 Å². The molecule has 0 aromatic heterocycles. The molecular weight excluding hydrogens is 174 g/mol. The van der Waals surface area contributed by atoms with Crippen molar-refractivity contribution < 1.29 is 0 Å². The molecule has 0 spiro atoms. The Kier molecular flexibility index (Phi) is 8.51. The van der Waals surface area contributed by atoms with Crippen LogP contribution in [0.5, 0.6) is 0 Å². The Morgan fingerprint density at radius 2 is 1.50 bits per heavy atom. The van der Waals surface area contributed by atoms with Gasteiger partial charge in [-0.15, -0.1) is 0 Å². The number of nitriles is 3. The topological polar surface area (TPSA) is 71.4 Å². The monoisotopic (exact) mass is 189 g/mol. The van der Waals surface area contributed by atoms with E-state index in [2.05, 4.69) is 18.2 Å². The predicted molar refractivity (Wildman–Crippen MR) is 52.6 cm³/mol. The number of nitrogens with zero attached hydrogens (tertiary/aromatic N) is 3. The van der Waals surface area contributed by atoms with E-state index in [0.717, 1.165) is 25.7 Å². The Hall–Kier alpha value is -1.53. The van der Waals surface area contributed by atoms with Gasteiger partial charge in [-0.1, -0.05) is 6.42 Å². The van der Waals surface area contributed by atoms with Crippen LogP contribution in [-0.2, 0) is 0 Å². The first-order valence-corrected chi connectivity index (χ1v) is 4.96. The standard InChI is InChI=1S/C11H15N3/c12-8-3-1-2-5-11(7-10-14)6-4-9-13/h11H,1-7H2. The van der Waals surface area contributed by atoms with E-state index in [4.69, 9.17) is 15.8 Å². The molecule has 3 nitrogen and oxygen atoms in total. The van der Waals surface area contributed by atoms with Crippen molar-refractivity contribution in [3.63, 3.8) is 0 Å². The molecule has 0 aliphatic carbocycles. The summed E-state index contributed by atoms with van der Waals surface area (Å²) in [7, 11) is 0. The molecular formula is C11H15N3. The van der Waals surface area contributed by atoms with Crippen LogP contribution in [0.15, 0.2) is 0 Å². The van der Waals surface area contributed by atoms with Crippen LogP contribution in [-0.4, -0.2) is 0 Å². The average Bonchev–Trinajstić information content (AvgIpc) is 2.20. The van der Waals surface area contributed by atoms with Crippen molar-refractivity contribution in [1.82, 2.24) is 0 Å². The van der Waals surface area contributed by atoms with Crippen molar-refractivity contribution in [2.24, 2.45) is 5.92 Å². The molecule has 3 heteroatoms. The second-order valence-electron chi connectivity index (χ2n) is 3.33. The Morgan fingerprint density at radius 1 is 0.786 bits per heavy atom. The number of hydrogen-bond donors (Lipinski definition) is 0. The average molecular weight is 189 g/mol. The van der Waals surface area contributed by atoms with Crippen LogP contribution in [0.3, 0.4) is 0 Å². The van der Waals surface area contributed by atoms with Crippen LogP contribution in [0, 0.1) is 39.9 Å². The number of rotatable bonds is 7. The van der Waals surface area contributed by atoms with Crippen LogP contribution in [0.1, 0.15) is 44.9 Å². The normalized spacial score (nSPS) is 10.9. The molecule has 0 aliphatic rings. The highest BCUT2D eigenvalue weighted by Gasteiger charge is 2.07. The van der Waals surface area contributed by atoms with Crippen LogP contribution < -0.4 is 0 Å². The molecule has 74 valence electrons. The van der Waals surface area contributed by atoms with E-state index in [1.54, 1.807) is 0 Å². The van der Waals surface area contributed by atoms with Crippen molar-refractivity contribution in [2.45, 2.75) is 44.9 Å². The summed E-state index contributed by atoms with van der Waals surface area (Å²) in [4.78, 5) is 0. The molecule has 0 amide bonds. The van der Waals surface area contributed by atoms with E-state index in [0.29, 0.717) is 25.2 Å². The highest BCUT2D eigenvalue weighted by atomic mass is 14.3. The maximum Gasteiger partial charge on any atom is 0.0624 e. The summed E-state index contributed by atoms with van der Waals surface area (Å²) in [6.45, 7) is 0. The molecule has 0 radical (unpaired) electrons. The van der Waals surface area contributed by atoms with Gasteiger partial charge in [-0.2, -0.15) is 15.8 Å². The number of unbranched alkanes of at least 4 members (excludes halogenated alkanes) is 2. The molecule has 0 aromatic carbocycles. The Bertz CT molecular complexity index is 251. The lowest BCUT2D eigenvalue weighted by molar-refractivity contribution is 0.444. The first-order chi connectivity index (χ1) is 6.85. The maximum atomic E-state index is 8.55. The third-order valence-electron chi connectivity index (χ3n) is 2.20. The smallest absolute Gasteiger partial charge is 0.0624 e. The fourth-order valence-corrected chi connectivity index (χ4v) is 1.38. The molecule has 0 rings (SSSR count). The zero-order chi connectivity index (χ0) is 10.6. The van der Waals surface area contributed by atoms with Crippen molar-refractivity contribution >= 4 is 0 Å². The van der Waals surface area contributed by atoms with Crippen LogP contribution in [0.4, 0.5) is 0 Å². The Balaban J connectivity index is 3.59. The van der Waals surface area contributed by atoms with E-state index < -0.39 is 0 Å². The van der Waals surface area contributed by atoms with E-state index in [9.17, 15) is 0 Å². The molecule has 0 saturated carbocycles. The third kappa shape index (κ3) is 7.14. The second kappa shape index (κ2) is 9.56. The molecule has 1 atom stereocenters. The minimum absolute atomic E-state index is 0.346. The van der Waals surface area contributed by atoms with Gasteiger partial charge in [0.1, 0.15) is 0 Å². The first-order valence-electron chi connectivity index (χ1n) is 4.96. The largest absolute Gasteiger partial charge is 0.198 e.